The summed E-state index contributed by atoms with van der Waals surface area (Å²) in [5.41, 5.74) is 2.09. The molecule has 72 valence electrons. The quantitative estimate of drug-likeness (QED) is 0.651. The van der Waals surface area contributed by atoms with Gasteiger partial charge in [0, 0.05) is 5.56 Å². The molecule has 1 aliphatic heterocycles. The van der Waals surface area contributed by atoms with Crippen molar-refractivity contribution in [2.24, 2.45) is 4.99 Å². The summed E-state index contributed by atoms with van der Waals surface area (Å²) in [6, 6.07) is 10.1. The van der Waals surface area contributed by atoms with Crippen LogP contribution in [-0.2, 0) is 4.74 Å². The fraction of sp³-hybridized carbons (Fsp3) is 0.250. The third-order valence-corrected chi connectivity index (χ3v) is 2.24. The Bertz CT molecular complexity index is 367. The second-order valence-corrected chi connectivity index (χ2v) is 3.47. The van der Waals surface area contributed by atoms with Crippen molar-refractivity contribution in [1.29, 1.82) is 0 Å². The van der Waals surface area contributed by atoms with Gasteiger partial charge in [0.05, 0.1) is 0 Å². The van der Waals surface area contributed by atoms with Crippen LogP contribution in [0.25, 0.3) is 0 Å². The molecule has 1 aromatic rings. The van der Waals surface area contributed by atoms with Crippen molar-refractivity contribution in [3.05, 3.63) is 48.0 Å². The number of rotatable bonds is 2. The second-order valence-electron chi connectivity index (χ2n) is 3.47. The maximum atomic E-state index is 5.50. The topological polar surface area (TPSA) is 21.6 Å². The standard InChI is InChI=1S/C12H13NO/c1-9(2)11-8-14-12(13-11)10-6-4-3-5-7-10/h3-7,11H,1,8H2,2H3/t11-/m0/s1. The largest absolute Gasteiger partial charge is 0.475 e. The average molecular weight is 187 g/mol. The molecule has 0 aromatic heterocycles. The lowest BCUT2D eigenvalue weighted by Crippen LogP contribution is -2.06. The first kappa shape index (κ1) is 9.00. The van der Waals surface area contributed by atoms with E-state index in [0.717, 1.165) is 17.0 Å². The van der Waals surface area contributed by atoms with Gasteiger partial charge in [0.15, 0.2) is 0 Å². The second kappa shape index (κ2) is 3.66. The maximum Gasteiger partial charge on any atom is 0.216 e. The van der Waals surface area contributed by atoms with Gasteiger partial charge in [-0.15, -0.1) is 0 Å². The first-order valence-electron chi connectivity index (χ1n) is 4.69. The third-order valence-electron chi connectivity index (χ3n) is 2.24. The summed E-state index contributed by atoms with van der Waals surface area (Å²) in [5, 5.41) is 0. The molecule has 2 heteroatoms. The predicted molar refractivity (Wildman–Crippen MR) is 57.5 cm³/mol. The van der Waals surface area contributed by atoms with Crippen LogP contribution >= 0.6 is 0 Å². The van der Waals surface area contributed by atoms with Gasteiger partial charge in [-0.1, -0.05) is 30.4 Å². The molecule has 0 bridgehead atoms. The lowest BCUT2D eigenvalue weighted by Gasteiger charge is -2.00. The molecule has 14 heavy (non-hydrogen) atoms. The number of aliphatic imine (C=N–C) groups is 1. The van der Waals surface area contributed by atoms with Crippen molar-refractivity contribution >= 4 is 5.90 Å². The van der Waals surface area contributed by atoms with Crippen molar-refractivity contribution in [1.82, 2.24) is 0 Å². The number of benzene rings is 1. The van der Waals surface area contributed by atoms with Gasteiger partial charge in [-0.05, 0) is 19.1 Å². The van der Waals surface area contributed by atoms with Crippen LogP contribution in [0.3, 0.4) is 0 Å². The highest BCUT2D eigenvalue weighted by Crippen LogP contribution is 2.15. The molecule has 0 saturated carbocycles. The predicted octanol–water partition coefficient (Wildman–Crippen LogP) is 2.41. The highest BCUT2D eigenvalue weighted by Gasteiger charge is 2.19. The van der Waals surface area contributed by atoms with Crippen molar-refractivity contribution in [3.8, 4) is 0 Å². The lowest BCUT2D eigenvalue weighted by molar-refractivity contribution is 0.328. The van der Waals surface area contributed by atoms with E-state index in [2.05, 4.69) is 11.6 Å². The van der Waals surface area contributed by atoms with Crippen LogP contribution in [0.5, 0.6) is 0 Å². The molecule has 0 N–H and O–H groups in total. The molecule has 0 fully saturated rings. The van der Waals surface area contributed by atoms with Gasteiger partial charge < -0.3 is 4.74 Å². The van der Waals surface area contributed by atoms with E-state index in [1.54, 1.807) is 0 Å². The molecule has 2 rings (SSSR count). The van der Waals surface area contributed by atoms with E-state index in [-0.39, 0.29) is 6.04 Å². The van der Waals surface area contributed by atoms with E-state index in [9.17, 15) is 0 Å². The monoisotopic (exact) mass is 187 g/mol. The zero-order valence-corrected chi connectivity index (χ0v) is 8.23. The SMILES string of the molecule is C=C(C)[C@@H]1COC(c2ccccc2)=N1. The molecular weight excluding hydrogens is 174 g/mol. The van der Waals surface area contributed by atoms with Crippen LogP contribution in [0.1, 0.15) is 12.5 Å². The lowest BCUT2D eigenvalue weighted by atomic mass is 10.2. The molecule has 0 saturated heterocycles. The molecule has 2 nitrogen and oxygen atoms in total. The Hall–Kier alpha value is -1.57. The Morgan fingerprint density at radius 2 is 2.14 bits per heavy atom. The first-order valence-corrected chi connectivity index (χ1v) is 4.69. The fourth-order valence-electron chi connectivity index (χ4n) is 1.36. The Labute approximate surface area is 83.9 Å². The summed E-state index contributed by atoms with van der Waals surface area (Å²) >= 11 is 0. The van der Waals surface area contributed by atoms with Gasteiger partial charge in [0.2, 0.25) is 5.90 Å². The fourth-order valence-corrected chi connectivity index (χ4v) is 1.36. The highest BCUT2D eigenvalue weighted by atomic mass is 16.5. The Morgan fingerprint density at radius 1 is 1.43 bits per heavy atom. The molecule has 0 aliphatic carbocycles. The minimum atomic E-state index is 0.130. The van der Waals surface area contributed by atoms with E-state index in [1.807, 2.05) is 37.3 Å². The van der Waals surface area contributed by atoms with E-state index >= 15 is 0 Å². The van der Waals surface area contributed by atoms with Crippen molar-refractivity contribution in [2.75, 3.05) is 6.61 Å². The molecule has 0 spiro atoms. The summed E-state index contributed by atoms with van der Waals surface area (Å²) < 4.78 is 5.50. The minimum absolute atomic E-state index is 0.130. The summed E-state index contributed by atoms with van der Waals surface area (Å²) in [6.07, 6.45) is 0. The number of hydrogen-bond donors (Lipinski definition) is 0. The van der Waals surface area contributed by atoms with Crippen LogP contribution in [0.4, 0.5) is 0 Å². The number of nitrogens with zero attached hydrogens (tertiary/aromatic N) is 1. The van der Waals surface area contributed by atoms with Gasteiger partial charge in [-0.2, -0.15) is 0 Å². The van der Waals surface area contributed by atoms with Gasteiger partial charge in [-0.25, -0.2) is 4.99 Å². The molecular formula is C12H13NO. The van der Waals surface area contributed by atoms with Crippen LogP contribution in [0, 0.1) is 0 Å². The van der Waals surface area contributed by atoms with Crippen molar-refractivity contribution < 1.29 is 4.74 Å². The summed E-state index contributed by atoms with van der Waals surface area (Å²) in [4.78, 5) is 4.45. The van der Waals surface area contributed by atoms with E-state index in [1.165, 1.54) is 0 Å². The zero-order chi connectivity index (χ0) is 9.97. The van der Waals surface area contributed by atoms with E-state index < -0.39 is 0 Å². The van der Waals surface area contributed by atoms with Gasteiger partial charge in [0.25, 0.3) is 0 Å². The molecule has 0 amide bonds. The Balaban J connectivity index is 2.22. The van der Waals surface area contributed by atoms with Crippen LogP contribution < -0.4 is 0 Å². The van der Waals surface area contributed by atoms with Crippen LogP contribution in [0.15, 0.2) is 47.5 Å². The zero-order valence-electron chi connectivity index (χ0n) is 8.23. The number of hydrogen-bond acceptors (Lipinski definition) is 2. The molecule has 0 radical (unpaired) electrons. The highest BCUT2D eigenvalue weighted by molar-refractivity contribution is 5.95. The third kappa shape index (κ3) is 1.69. The van der Waals surface area contributed by atoms with E-state index in [4.69, 9.17) is 4.74 Å². The van der Waals surface area contributed by atoms with Gasteiger partial charge in [0.1, 0.15) is 12.6 Å². The van der Waals surface area contributed by atoms with Gasteiger partial charge in [-0.3, -0.25) is 0 Å². The van der Waals surface area contributed by atoms with Crippen LogP contribution in [0.2, 0.25) is 0 Å². The Kier molecular flexibility index (Phi) is 2.35. The van der Waals surface area contributed by atoms with Gasteiger partial charge >= 0.3 is 0 Å². The molecule has 1 atom stereocenters. The summed E-state index contributed by atoms with van der Waals surface area (Å²) in [6.45, 7) is 6.48. The maximum absolute atomic E-state index is 5.50. The molecule has 1 heterocycles. The summed E-state index contributed by atoms with van der Waals surface area (Å²) in [5.74, 6) is 0.735. The Morgan fingerprint density at radius 3 is 2.71 bits per heavy atom. The number of ether oxygens (including phenoxy) is 1. The van der Waals surface area contributed by atoms with Crippen LogP contribution in [-0.4, -0.2) is 18.5 Å². The summed E-state index contributed by atoms with van der Waals surface area (Å²) in [7, 11) is 0. The molecule has 0 unspecified atom stereocenters. The van der Waals surface area contributed by atoms with E-state index in [0.29, 0.717) is 6.61 Å². The van der Waals surface area contributed by atoms with Crippen molar-refractivity contribution in [3.63, 3.8) is 0 Å². The molecule has 1 aliphatic rings. The average Bonchev–Trinajstić information content (AvgIpc) is 2.68. The normalized spacial score (nSPS) is 20.1. The molecule has 1 aromatic carbocycles. The van der Waals surface area contributed by atoms with Crippen molar-refractivity contribution in [2.45, 2.75) is 13.0 Å². The minimum Gasteiger partial charge on any atom is -0.475 e. The smallest absolute Gasteiger partial charge is 0.216 e. The first-order chi connectivity index (χ1) is 6.77.